The maximum atomic E-state index is 5.71. The molecule has 1 unspecified atom stereocenters. The zero-order valence-electron chi connectivity index (χ0n) is 12.7. The summed E-state index contributed by atoms with van der Waals surface area (Å²) < 4.78 is 0. The number of hydrogen-bond donors (Lipinski definition) is 2. The van der Waals surface area contributed by atoms with E-state index in [2.05, 4.69) is 56.3 Å². The topological polar surface area (TPSA) is 50.9 Å². The summed E-state index contributed by atoms with van der Waals surface area (Å²) in [6.45, 7) is 8.46. The number of rotatable bonds is 5. The van der Waals surface area contributed by atoms with E-state index in [1.165, 1.54) is 21.6 Å². The molecule has 0 aliphatic rings. The fourth-order valence-electron chi connectivity index (χ4n) is 2.24. The second kappa shape index (κ2) is 6.48. The molecule has 2 rings (SSSR count). The SMILES string of the molecule is Cc1ccc(CC(Cc2nc(C)c(C)s2)NN)cc1C. The van der Waals surface area contributed by atoms with Gasteiger partial charge in [-0.1, -0.05) is 18.2 Å². The van der Waals surface area contributed by atoms with Crippen LogP contribution in [0, 0.1) is 27.7 Å². The summed E-state index contributed by atoms with van der Waals surface area (Å²) in [7, 11) is 0. The van der Waals surface area contributed by atoms with Crippen LogP contribution in [0.2, 0.25) is 0 Å². The van der Waals surface area contributed by atoms with E-state index >= 15 is 0 Å². The summed E-state index contributed by atoms with van der Waals surface area (Å²) in [4.78, 5) is 5.89. The molecule has 108 valence electrons. The lowest BCUT2D eigenvalue weighted by Crippen LogP contribution is -2.38. The van der Waals surface area contributed by atoms with Gasteiger partial charge in [0.15, 0.2) is 0 Å². The average molecular weight is 289 g/mol. The van der Waals surface area contributed by atoms with E-state index in [0.717, 1.165) is 23.5 Å². The predicted molar refractivity (Wildman–Crippen MR) is 86.0 cm³/mol. The molecule has 1 aromatic heterocycles. The van der Waals surface area contributed by atoms with Gasteiger partial charge >= 0.3 is 0 Å². The van der Waals surface area contributed by atoms with Crippen LogP contribution >= 0.6 is 11.3 Å². The van der Waals surface area contributed by atoms with Crippen molar-refractivity contribution in [2.75, 3.05) is 0 Å². The summed E-state index contributed by atoms with van der Waals surface area (Å²) in [6, 6.07) is 6.83. The van der Waals surface area contributed by atoms with Gasteiger partial charge in [-0.25, -0.2) is 4.98 Å². The van der Waals surface area contributed by atoms with Gasteiger partial charge in [0.05, 0.1) is 10.7 Å². The molecule has 0 fully saturated rings. The first-order valence-electron chi connectivity index (χ1n) is 6.94. The Morgan fingerprint density at radius 2 is 1.90 bits per heavy atom. The lowest BCUT2D eigenvalue weighted by atomic mass is 10.00. The van der Waals surface area contributed by atoms with Crippen molar-refractivity contribution >= 4 is 11.3 Å². The number of nitrogens with zero attached hydrogens (tertiary/aromatic N) is 1. The highest BCUT2D eigenvalue weighted by Gasteiger charge is 2.13. The smallest absolute Gasteiger partial charge is 0.0947 e. The molecular weight excluding hydrogens is 266 g/mol. The molecule has 1 atom stereocenters. The minimum Gasteiger partial charge on any atom is -0.271 e. The Morgan fingerprint density at radius 3 is 2.45 bits per heavy atom. The number of aryl methyl sites for hydroxylation is 4. The van der Waals surface area contributed by atoms with Gasteiger partial charge in [-0.15, -0.1) is 11.3 Å². The normalized spacial score (nSPS) is 12.7. The molecule has 0 aliphatic carbocycles. The van der Waals surface area contributed by atoms with Crippen molar-refractivity contribution in [2.24, 2.45) is 5.84 Å². The van der Waals surface area contributed by atoms with Gasteiger partial charge < -0.3 is 0 Å². The first-order chi connectivity index (χ1) is 9.49. The Labute approximate surface area is 125 Å². The van der Waals surface area contributed by atoms with Crippen molar-refractivity contribution in [1.82, 2.24) is 10.4 Å². The van der Waals surface area contributed by atoms with Crippen molar-refractivity contribution in [3.05, 3.63) is 50.5 Å². The molecule has 1 aromatic carbocycles. The number of nitrogens with one attached hydrogen (secondary N) is 1. The van der Waals surface area contributed by atoms with Crippen LogP contribution in [-0.2, 0) is 12.8 Å². The van der Waals surface area contributed by atoms with Gasteiger partial charge in [0.25, 0.3) is 0 Å². The number of hydrogen-bond acceptors (Lipinski definition) is 4. The largest absolute Gasteiger partial charge is 0.271 e. The highest BCUT2D eigenvalue weighted by atomic mass is 32.1. The van der Waals surface area contributed by atoms with E-state index in [9.17, 15) is 0 Å². The third kappa shape index (κ3) is 3.66. The second-order valence-electron chi connectivity index (χ2n) is 5.44. The van der Waals surface area contributed by atoms with Gasteiger partial charge in [-0.05, 0) is 50.8 Å². The maximum Gasteiger partial charge on any atom is 0.0947 e. The van der Waals surface area contributed by atoms with Crippen molar-refractivity contribution in [3.63, 3.8) is 0 Å². The van der Waals surface area contributed by atoms with Crippen LogP contribution in [0.25, 0.3) is 0 Å². The molecule has 1 heterocycles. The molecule has 0 bridgehead atoms. The highest BCUT2D eigenvalue weighted by molar-refractivity contribution is 7.11. The van der Waals surface area contributed by atoms with E-state index in [4.69, 9.17) is 5.84 Å². The zero-order valence-corrected chi connectivity index (χ0v) is 13.5. The molecule has 0 aliphatic heterocycles. The summed E-state index contributed by atoms with van der Waals surface area (Å²) in [5.41, 5.74) is 8.04. The Kier molecular flexibility index (Phi) is 4.91. The van der Waals surface area contributed by atoms with Crippen LogP contribution in [-0.4, -0.2) is 11.0 Å². The molecule has 20 heavy (non-hydrogen) atoms. The van der Waals surface area contributed by atoms with Crippen molar-refractivity contribution < 1.29 is 0 Å². The Morgan fingerprint density at radius 1 is 1.15 bits per heavy atom. The van der Waals surface area contributed by atoms with Crippen LogP contribution in [0.4, 0.5) is 0 Å². The van der Waals surface area contributed by atoms with Crippen molar-refractivity contribution in [2.45, 2.75) is 46.6 Å². The van der Waals surface area contributed by atoms with Crippen molar-refractivity contribution in [1.29, 1.82) is 0 Å². The molecule has 0 saturated heterocycles. The summed E-state index contributed by atoms with van der Waals surface area (Å²) >= 11 is 1.77. The number of aromatic nitrogens is 1. The number of benzene rings is 1. The van der Waals surface area contributed by atoms with E-state index in [0.29, 0.717) is 0 Å². The summed E-state index contributed by atoms with van der Waals surface area (Å²) in [6.07, 6.45) is 1.80. The first-order valence-corrected chi connectivity index (χ1v) is 7.76. The summed E-state index contributed by atoms with van der Waals surface area (Å²) in [5, 5.41) is 1.16. The predicted octanol–water partition coefficient (Wildman–Crippen LogP) is 2.99. The molecule has 0 spiro atoms. The van der Waals surface area contributed by atoms with Crippen LogP contribution in [0.5, 0.6) is 0 Å². The second-order valence-corrected chi connectivity index (χ2v) is 6.73. The molecule has 4 heteroatoms. The fourth-order valence-corrected chi connectivity index (χ4v) is 3.26. The van der Waals surface area contributed by atoms with Crippen LogP contribution < -0.4 is 11.3 Å². The molecule has 0 amide bonds. The standard InChI is InChI=1S/C16H23N3S/c1-10-5-6-14(7-11(10)2)8-15(19-17)9-16-18-12(3)13(4)20-16/h5-7,15,19H,8-9,17H2,1-4H3. The lowest BCUT2D eigenvalue weighted by molar-refractivity contribution is 0.521. The van der Waals surface area contributed by atoms with E-state index in [1.54, 1.807) is 11.3 Å². The number of nitrogens with two attached hydrogens (primary N) is 1. The van der Waals surface area contributed by atoms with Crippen LogP contribution in [0.15, 0.2) is 18.2 Å². The van der Waals surface area contributed by atoms with Crippen LogP contribution in [0.1, 0.15) is 32.3 Å². The third-order valence-corrected chi connectivity index (χ3v) is 4.88. The Balaban J connectivity index is 2.06. The van der Waals surface area contributed by atoms with Crippen molar-refractivity contribution in [3.8, 4) is 0 Å². The first kappa shape index (κ1) is 15.2. The molecule has 2 aromatic rings. The van der Waals surface area contributed by atoms with E-state index < -0.39 is 0 Å². The Bertz CT molecular complexity index is 570. The molecule has 0 radical (unpaired) electrons. The number of thiazole rings is 1. The molecule has 3 N–H and O–H groups in total. The molecule has 3 nitrogen and oxygen atoms in total. The van der Waals surface area contributed by atoms with Gasteiger partial charge in [0, 0.05) is 17.3 Å². The van der Waals surface area contributed by atoms with Gasteiger partial charge in [0.1, 0.15) is 0 Å². The van der Waals surface area contributed by atoms with Gasteiger partial charge in [-0.3, -0.25) is 11.3 Å². The van der Waals surface area contributed by atoms with E-state index in [-0.39, 0.29) is 6.04 Å². The Hall–Kier alpha value is -1.23. The summed E-state index contributed by atoms with van der Waals surface area (Å²) in [5.74, 6) is 5.71. The maximum absolute atomic E-state index is 5.71. The minimum atomic E-state index is 0.224. The average Bonchev–Trinajstić information content (AvgIpc) is 2.72. The zero-order chi connectivity index (χ0) is 14.7. The van der Waals surface area contributed by atoms with Crippen LogP contribution in [0.3, 0.4) is 0 Å². The minimum absolute atomic E-state index is 0.224. The molecular formula is C16H23N3S. The fraction of sp³-hybridized carbons (Fsp3) is 0.438. The molecule has 0 saturated carbocycles. The van der Waals surface area contributed by atoms with E-state index in [1.807, 2.05) is 0 Å². The third-order valence-electron chi connectivity index (χ3n) is 3.78. The quantitative estimate of drug-likeness (QED) is 0.657. The van der Waals surface area contributed by atoms with Gasteiger partial charge in [0.2, 0.25) is 0 Å². The van der Waals surface area contributed by atoms with Gasteiger partial charge in [-0.2, -0.15) is 0 Å². The highest BCUT2D eigenvalue weighted by Crippen LogP contribution is 2.19. The monoisotopic (exact) mass is 289 g/mol. The number of hydrazine groups is 1. The lowest BCUT2D eigenvalue weighted by Gasteiger charge is -2.15.